The average Bonchev–Trinajstić information content (AvgIpc) is 1.77. The van der Waals surface area contributed by atoms with Crippen LogP contribution in [0, 0.1) is 0 Å². The number of hydrogen-bond acceptors (Lipinski definition) is 5. The normalized spacial score (nSPS) is 13.5. The van der Waals surface area contributed by atoms with Gasteiger partial charge in [-0.2, -0.15) is 43.2 Å². The van der Waals surface area contributed by atoms with Crippen LogP contribution >= 0.6 is 0 Å². The molecule has 0 bridgehead atoms. The fraction of sp³-hybridized carbons (Fsp3) is 1.00. The van der Waals surface area contributed by atoms with Crippen molar-refractivity contribution in [3.63, 3.8) is 0 Å². The molecule has 108 valence electrons. The average molecular weight is 619 g/mol. The minimum absolute atomic E-state index is 0. The zero-order valence-corrected chi connectivity index (χ0v) is 18.7. The van der Waals surface area contributed by atoms with Crippen molar-refractivity contribution in [2.24, 2.45) is 0 Å². The summed E-state index contributed by atoms with van der Waals surface area (Å²) in [4.78, 5) is 0. The van der Waals surface area contributed by atoms with Crippen molar-refractivity contribution in [3.8, 4) is 0 Å². The van der Waals surface area contributed by atoms with Gasteiger partial charge in [0.25, 0.3) is 0 Å². The first kappa shape index (κ1) is 23.3. The van der Waals surface area contributed by atoms with Crippen molar-refractivity contribution in [1.82, 2.24) is 0 Å². The van der Waals surface area contributed by atoms with Crippen LogP contribution in [0.5, 0.6) is 0 Å². The van der Waals surface area contributed by atoms with Gasteiger partial charge < -0.3 is 0 Å². The Morgan fingerprint density at radius 1 is 0.706 bits per heavy atom. The SMILES string of the molecule is O=S(=O)(OS(=O)(=O)C(F)(F)F)C(F)(F)F.[BiH3].[SbH3]. The monoisotopic (exact) mass is 618 g/mol. The van der Waals surface area contributed by atoms with Gasteiger partial charge in [0.1, 0.15) is 0 Å². The van der Waals surface area contributed by atoms with Gasteiger partial charge in [0.05, 0.1) is 0 Å². The predicted octanol–water partition coefficient (Wildman–Crippen LogP) is -1.67. The molecule has 0 saturated carbocycles. The Morgan fingerprint density at radius 3 is 1.00 bits per heavy atom. The van der Waals surface area contributed by atoms with E-state index >= 15 is 0 Å². The van der Waals surface area contributed by atoms with E-state index in [0.29, 0.717) is 0 Å². The molecule has 0 rings (SSSR count). The van der Waals surface area contributed by atoms with Gasteiger partial charge in [0.15, 0.2) is 0 Å². The summed E-state index contributed by atoms with van der Waals surface area (Å²) in [5.41, 5.74) is -12.5. The molecule has 0 radical (unpaired) electrons. The summed E-state index contributed by atoms with van der Waals surface area (Å²) in [5.74, 6) is 0. The first-order valence-electron chi connectivity index (χ1n) is 2.54. The number of halogens is 6. The zero-order valence-electron chi connectivity index (χ0n) is 7.54. The van der Waals surface area contributed by atoms with Crippen LogP contribution in [0.25, 0.3) is 0 Å². The summed E-state index contributed by atoms with van der Waals surface area (Å²) in [5, 5.41) is 0. The van der Waals surface area contributed by atoms with Crippen LogP contribution in [0.2, 0.25) is 0 Å². The molecule has 0 amide bonds. The quantitative estimate of drug-likeness (QED) is 0.210. The molecule has 0 aromatic carbocycles. The Balaban J connectivity index is -0.000000980. The van der Waals surface area contributed by atoms with E-state index in [9.17, 15) is 43.2 Å². The third-order valence-corrected chi connectivity index (χ3v) is 3.31. The Kier molecular flexibility index (Phi) is 8.94. The van der Waals surface area contributed by atoms with E-state index in [4.69, 9.17) is 0 Å². The minimum atomic E-state index is -6.85. The van der Waals surface area contributed by atoms with Crippen molar-refractivity contribution in [1.29, 1.82) is 0 Å². The molecule has 0 aliphatic heterocycles. The van der Waals surface area contributed by atoms with Crippen molar-refractivity contribution < 1.29 is 46.8 Å². The maximum atomic E-state index is 11.4. The molecule has 0 N–H and O–H groups in total. The summed E-state index contributed by atoms with van der Waals surface area (Å²) in [6, 6.07) is 0. The van der Waals surface area contributed by atoms with E-state index in [2.05, 4.69) is 0 Å². The summed E-state index contributed by atoms with van der Waals surface area (Å²) in [7, 11) is -13.7. The van der Waals surface area contributed by atoms with Crippen LogP contribution in [0.4, 0.5) is 26.3 Å². The standard InChI is InChI=1S/C2F6O5S2.Bi.Sb.6H/c3-1(4,5)14(9,10)13-15(11,12)2(6,7)8;;;;;;;;. The van der Waals surface area contributed by atoms with Gasteiger partial charge in [0.2, 0.25) is 0 Å². The van der Waals surface area contributed by atoms with Crippen molar-refractivity contribution in [2.75, 3.05) is 0 Å². The van der Waals surface area contributed by atoms with E-state index in [-0.39, 0.29) is 50.6 Å². The van der Waals surface area contributed by atoms with Crippen molar-refractivity contribution in [2.45, 2.75) is 11.0 Å². The molecule has 0 aliphatic carbocycles. The van der Waals surface area contributed by atoms with Crippen LogP contribution in [-0.4, -0.2) is 78.5 Å². The zero-order chi connectivity index (χ0) is 12.7. The Bertz CT molecular complexity index is 392. The molecule has 0 spiro atoms. The molecule has 0 unspecified atom stereocenters. The molecule has 17 heavy (non-hydrogen) atoms. The van der Waals surface area contributed by atoms with E-state index in [1.165, 1.54) is 0 Å². The van der Waals surface area contributed by atoms with Gasteiger partial charge >= 0.3 is 81.9 Å². The van der Waals surface area contributed by atoms with Crippen LogP contribution < -0.4 is 0 Å². The third-order valence-electron chi connectivity index (χ3n) is 0.746. The van der Waals surface area contributed by atoms with Crippen molar-refractivity contribution >= 4 is 70.9 Å². The fourth-order valence-electron chi connectivity index (χ4n) is 0.195. The summed E-state index contributed by atoms with van der Waals surface area (Å²) < 4.78 is 110. The van der Waals surface area contributed by atoms with Crippen LogP contribution in [0.1, 0.15) is 0 Å². The Labute approximate surface area is 128 Å². The van der Waals surface area contributed by atoms with Gasteiger partial charge in [-0.3, -0.25) is 0 Å². The summed E-state index contributed by atoms with van der Waals surface area (Å²) in [6.45, 7) is 0. The first-order valence-corrected chi connectivity index (χ1v) is 5.36. The van der Waals surface area contributed by atoms with E-state index in [1.807, 2.05) is 3.63 Å². The maximum absolute atomic E-state index is 11.4. The Morgan fingerprint density at radius 2 is 0.882 bits per heavy atom. The van der Waals surface area contributed by atoms with Crippen LogP contribution in [0.15, 0.2) is 0 Å². The molecule has 0 fully saturated rings. The molecular weight excluding hydrogens is 613 g/mol. The van der Waals surface area contributed by atoms with E-state index < -0.39 is 31.3 Å². The van der Waals surface area contributed by atoms with E-state index in [0.717, 1.165) is 0 Å². The van der Waals surface area contributed by atoms with Gasteiger partial charge in [-0.25, -0.2) is 0 Å². The summed E-state index contributed by atoms with van der Waals surface area (Å²) in [6.07, 6.45) is 0. The molecule has 0 aromatic heterocycles. The molecular formula is C2H6BiF6O5S2Sb. The second-order valence-corrected chi connectivity index (χ2v) is 5.15. The molecule has 15 heteroatoms. The molecule has 0 aromatic rings. The van der Waals surface area contributed by atoms with Crippen molar-refractivity contribution in [3.05, 3.63) is 0 Å². The van der Waals surface area contributed by atoms with Crippen LogP contribution in [0.3, 0.4) is 0 Å². The van der Waals surface area contributed by atoms with Gasteiger partial charge in [-0.15, -0.1) is 3.63 Å². The molecule has 0 aliphatic rings. The fourth-order valence-corrected chi connectivity index (χ4v) is 1.76. The molecule has 0 atom stereocenters. The second-order valence-electron chi connectivity index (χ2n) is 1.87. The number of hydrogen-bond donors (Lipinski definition) is 0. The van der Waals surface area contributed by atoms with Crippen LogP contribution in [-0.2, 0) is 23.9 Å². The second kappa shape index (κ2) is 6.54. The Hall–Kier alpha value is 1.14. The predicted molar refractivity (Wildman–Crippen MR) is 50.9 cm³/mol. The molecule has 5 nitrogen and oxygen atoms in total. The van der Waals surface area contributed by atoms with Gasteiger partial charge in [-0.05, 0) is 0 Å². The number of rotatable bonds is 2. The number of alkyl halides is 6. The van der Waals surface area contributed by atoms with Gasteiger partial charge in [0, 0.05) is 0 Å². The first-order chi connectivity index (χ1) is 6.21. The van der Waals surface area contributed by atoms with E-state index in [1.54, 1.807) is 0 Å². The third kappa shape index (κ3) is 6.22. The van der Waals surface area contributed by atoms with Gasteiger partial charge in [-0.1, -0.05) is 0 Å². The summed E-state index contributed by atoms with van der Waals surface area (Å²) >= 11 is 0. The molecule has 0 saturated heterocycles. The topological polar surface area (TPSA) is 77.5 Å². The molecule has 0 heterocycles.